The minimum atomic E-state index is -0.393. The minimum Gasteiger partial charge on any atom is -0.449 e. The van der Waals surface area contributed by atoms with Crippen LogP contribution in [0.25, 0.3) is 22.5 Å². The summed E-state index contributed by atoms with van der Waals surface area (Å²) >= 11 is 4.33. The second kappa shape index (κ2) is 14.4. The smallest absolute Gasteiger partial charge is 0.410 e. The highest BCUT2D eigenvalue weighted by Crippen LogP contribution is 2.29. The van der Waals surface area contributed by atoms with Crippen LogP contribution in [0.1, 0.15) is 39.2 Å². The van der Waals surface area contributed by atoms with Crippen molar-refractivity contribution in [2.75, 3.05) is 25.4 Å². The summed E-state index contributed by atoms with van der Waals surface area (Å²) < 4.78 is 5.39. The van der Waals surface area contributed by atoms with Crippen LogP contribution < -0.4 is 5.32 Å². The topological polar surface area (TPSA) is 113 Å². The van der Waals surface area contributed by atoms with Crippen molar-refractivity contribution in [3.63, 3.8) is 0 Å². The number of carbonyl (C=O) groups is 2. The highest BCUT2D eigenvalue weighted by Gasteiger charge is 2.20. The van der Waals surface area contributed by atoms with E-state index in [9.17, 15) is 9.59 Å². The zero-order chi connectivity index (χ0) is 26.6. The number of aromatic nitrogens is 4. The van der Waals surface area contributed by atoms with Gasteiger partial charge in [0.05, 0.1) is 6.61 Å². The fraction of sp³-hybridized carbons (Fsp3) is 0.444. The molecule has 3 rings (SSSR count). The second-order valence-electron chi connectivity index (χ2n) is 9.31. The van der Waals surface area contributed by atoms with Gasteiger partial charge in [-0.15, -0.1) is 10.2 Å². The molecule has 0 fully saturated rings. The van der Waals surface area contributed by atoms with E-state index in [1.165, 1.54) is 0 Å². The molecule has 0 aliphatic rings. The van der Waals surface area contributed by atoms with E-state index in [-0.39, 0.29) is 11.8 Å². The third kappa shape index (κ3) is 8.31. The number of H-pyrrole nitrogens is 1. The van der Waals surface area contributed by atoms with E-state index in [1.807, 2.05) is 55.5 Å². The summed E-state index contributed by atoms with van der Waals surface area (Å²) in [4.78, 5) is 26.9. The lowest BCUT2D eigenvalue weighted by Gasteiger charge is -2.23. The lowest BCUT2D eigenvalue weighted by molar-refractivity contribution is -0.124. The number of thiol groups is 1. The molecule has 2 amide bonds. The number of rotatable bonds is 13. The van der Waals surface area contributed by atoms with Crippen LogP contribution in [0.4, 0.5) is 4.79 Å². The molecule has 0 bridgehead atoms. The average molecular weight is 525 g/mol. The number of amides is 2. The molecule has 1 heterocycles. The van der Waals surface area contributed by atoms with Crippen LogP contribution in [-0.2, 0) is 16.1 Å². The van der Waals surface area contributed by atoms with Gasteiger partial charge in [-0.25, -0.2) is 4.79 Å². The first kappa shape index (κ1) is 28.2. The predicted octanol–water partition coefficient (Wildman–Crippen LogP) is 4.59. The number of nitrogens with one attached hydrogen (secondary N) is 2. The Balaban J connectivity index is 1.68. The van der Waals surface area contributed by atoms with E-state index in [0.29, 0.717) is 43.7 Å². The van der Waals surface area contributed by atoms with Crippen LogP contribution in [0.3, 0.4) is 0 Å². The van der Waals surface area contributed by atoms with Gasteiger partial charge < -0.3 is 15.0 Å². The molecule has 0 aliphatic carbocycles. The molecule has 198 valence electrons. The van der Waals surface area contributed by atoms with Gasteiger partial charge in [-0.2, -0.15) is 17.8 Å². The van der Waals surface area contributed by atoms with Crippen LogP contribution >= 0.6 is 12.6 Å². The van der Waals surface area contributed by atoms with Crippen molar-refractivity contribution in [1.29, 1.82) is 0 Å². The number of tetrazole rings is 1. The van der Waals surface area contributed by atoms with Gasteiger partial charge >= 0.3 is 6.09 Å². The van der Waals surface area contributed by atoms with Crippen molar-refractivity contribution in [2.24, 2.45) is 11.8 Å². The Bertz CT molecular complexity index is 1120. The number of aromatic amines is 1. The van der Waals surface area contributed by atoms with Crippen molar-refractivity contribution in [1.82, 2.24) is 30.8 Å². The molecule has 0 radical (unpaired) electrons. The first-order valence-corrected chi connectivity index (χ1v) is 13.3. The Kier molecular flexibility index (Phi) is 10.9. The molecular weight excluding hydrogens is 488 g/mol. The first-order chi connectivity index (χ1) is 17.9. The van der Waals surface area contributed by atoms with E-state index < -0.39 is 6.09 Å². The van der Waals surface area contributed by atoms with Crippen LogP contribution in [-0.4, -0.2) is 63.0 Å². The fourth-order valence-electron chi connectivity index (χ4n) is 4.02. The van der Waals surface area contributed by atoms with E-state index in [0.717, 1.165) is 35.1 Å². The lowest BCUT2D eigenvalue weighted by Crippen LogP contribution is -2.40. The molecule has 1 aromatic heterocycles. The average Bonchev–Trinajstić information content (AvgIpc) is 3.45. The standard InChI is InChI=1S/C27H36N6O3S/c1-4-15-36-27(35)33(14-13-28-26(34)22(18-37)16-19(2)3)17-20-9-11-21(12-10-20)23-7-5-6-8-24(23)25-29-31-32-30-25/h5-12,19,22,37H,4,13-18H2,1-3H3,(H,28,34)(H,29,30,31,32). The Labute approximate surface area is 223 Å². The summed E-state index contributed by atoms with van der Waals surface area (Å²) in [7, 11) is 0. The third-order valence-corrected chi connectivity index (χ3v) is 6.31. The van der Waals surface area contributed by atoms with Gasteiger partial charge in [0.15, 0.2) is 0 Å². The van der Waals surface area contributed by atoms with Gasteiger partial charge in [0, 0.05) is 36.9 Å². The molecule has 2 N–H and O–H groups in total. The summed E-state index contributed by atoms with van der Waals surface area (Å²) in [5.74, 6) is 1.25. The molecule has 0 saturated carbocycles. The maximum Gasteiger partial charge on any atom is 0.410 e. The fourth-order valence-corrected chi connectivity index (χ4v) is 4.34. The first-order valence-electron chi connectivity index (χ1n) is 12.6. The van der Waals surface area contributed by atoms with Crippen LogP contribution in [0, 0.1) is 11.8 Å². The normalized spacial score (nSPS) is 11.8. The molecular formula is C27H36N6O3S. The van der Waals surface area contributed by atoms with Gasteiger partial charge in [0.1, 0.15) is 0 Å². The maximum atomic E-state index is 12.7. The van der Waals surface area contributed by atoms with Gasteiger partial charge in [0.2, 0.25) is 11.7 Å². The van der Waals surface area contributed by atoms with Crippen molar-refractivity contribution >= 4 is 24.6 Å². The number of hydrogen-bond donors (Lipinski definition) is 3. The molecule has 3 aromatic rings. The zero-order valence-corrected chi connectivity index (χ0v) is 22.6. The summed E-state index contributed by atoms with van der Waals surface area (Å²) in [6, 6.07) is 15.8. The Morgan fingerprint density at radius 3 is 2.46 bits per heavy atom. The summed E-state index contributed by atoms with van der Waals surface area (Å²) in [6.45, 7) is 7.54. The molecule has 2 aromatic carbocycles. The van der Waals surface area contributed by atoms with E-state index in [1.54, 1.807) is 4.90 Å². The molecule has 37 heavy (non-hydrogen) atoms. The van der Waals surface area contributed by atoms with Gasteiger partial charge in [-0.05, 0) is 40.7 Å². The van der Waals surface area contributed by atoms with Crippen molar-refractivity contribution < 1.29 is 14.3 Å². The number of ether oxygens (including phenoxy) is 1. The van der Waals surface area contributed by atoms with Gasteiger partial charge in [0.25, 0.3) is 0 Å². The van der Waals surface area contributed by atoms with Crippen molar-refractivity contribution in [2.45, 2.75) is 40.2 Å². The highest BCUT2D eigenvalue weighted by atomic mass is 32.1. The Hall–Kier alpha value is -3.40. The summed E-state index contributed by atoms with van der Waals surface area (Å²) in [5.41, 5.74) is 3.81. The second-order valence-corrected chi connectivity index (χ2v) is 9.68. The summed E-state index contributed by atoms with van der Waals surface area (Å²) in [6.07, 6.45) is 1.12. The van der Waals surface area contributed by atoms with Gasteiger partial charge in [-0.1, -0.05) is 69.3 Å². The minimum absolute atomic E-state index is 0.0322. The molecule has 0 saturated heterocycles. The van der Waals surface area contributed by atoms with Crippen LogP contribution in [0.5, 0.6) is 0 Å². The third-order valence-electron chi connectivity index (χ3n) is 5.87. The van der Waals surface area contributed by atoms with E-state index in [2.05, 4.69) is 52.4 Å². The molecule has 1 atom stereocenters. The SMILES string of the molecule is CCCOC(=O)N(CCNC(=O)C(CS)CC(C)C)Cc1ccc(-c2ccccc2-c2nn[nH]n2)cc1. The maximum absolute atomic E-state index is 12.7. The predicted molar refractivity (Wildman–Crippen MR) is 147 cm³/mol. The quantitative estimate of drug-likeness (QED) is 0.282. The highest BCUT2D eigenvalue weighted by molar-refractivity contribution is 7.80. The molecule has 1 unspecified atom stereocenters. The number of carbonyl (C=O) groups excluding carboxylic acids is 2. The number of hydrogen-bond acceptors (Lipinski definition) is 7. The van der Waals surface area contributed by atoms with Crippen LogP contribution in [0.2, 0.25) is 0 Å². The summed E-state index contributed by atoms with van der Waals surface area (Å²) in [5, 5.41) is 17.3. The molecule has 0 aliphatic heterocycles. The number of nitrogens with zero attached hydrogens (tertiary/aromatic N) is 4. The van der Waals surface area contributed by atoms with Crippen molar-refractivity contribution in [3.05, 3.63) is 54.1 Å². The Morgan fingerprint density at radius 1 is 1.11 bits per heavy atom. The largest absolute Gasteiger partial charge is 0.449 e. The number of benzene rings is 2. The van der Waals surface area contributed by atoms with Crippen molar-refractivity contribution in [3.8, 4) is 22.5 Å². The van der Waals surface area contributed by atoms with E-state index in [4.69, 9.17) is 4.74 Å². The molecule has 9 nitrogen and oxygen atoms in total. The monoisotopic (exact) mass is 524 g/mol. The lowest BCUT2D eigenvalue weighted by atomic mass is 9.98. The Morgan fingerprint density at radius 2 is 1.84 bits per heavy atom. The molecule has 0 spiro atoms. The van der Waals surface area contributed by atoms with Gasteiger partial charge in [-0.3, -0.25) is 4.79 Å². The molecule has 10 heteroatoms. The zero-order valence-electron chi connectivity index (χ0n) is 21.7. The van der Waals surface area contributed by atoms with E-state index >= 15 is 0 Å². The van der Waals surface area contributed by atoms with Crippen LogP contribution in [0.15, 0.2) is 48.5 Å².